The predicted molar refractivity (Wildman–Crippen MR) is 137 cm³/mol. The number of benzene rings is 1. The lowest BCUT2D eigenvalue weighted by Gasteiger charge is -2.17. The average Bonchev–Trinajstić information content (AvgIpc) is 3.13. The zero-order valence-electron chi connectivity index (χ0n) is 19.2. The average molecular weight is 484 g/mol. The van der Waals surface area contributed by atoms with Crippen LogP contribution in [0, 0.1) is 5.92 Å². The minimum absolute atomic E-state index is 0.0318. The second kappa shape index (κ2) is 10.1. The molecule has 0 radical (unpaired) electrons. The fourth-order valence-corrected chi connectivity index (χ4v) is 6.25. The van der Waals surface area contributed by atoms with Gasteiger partial charge in [-0.25, -0.2) is 4.98 Å². The van der Waals surface area contributed by atoms with Gasteiger partial charge in [-0.1, -0.05) is 24.8 Å². The summed E-state index contributed by atoms with van der Waals surface area (Å²) in [5.74, 6) is 1.39. The first-order chi connectivity index (χ1) is 15.9. The molecule has 0 bridgehead atoms. The number of amides is 1. The Morgan fingerprint density at radius 2 is 2.15 bits per heavy atom. The highest BCUT2D eigenvalue weighted by atomic mass is 32.2. The number of thioether (sulfide) groups is 1. The van der Waals surface area contributed by atoms with E-state index in [9.17, 15) is 9.59 Å². The van der Waals surface area contributed by atoms with Crippen LogP contribution in [0.3, 0.4) is 0 Å². The van der Waals surface area contributed by atoms with Crippen molar-refractivity contribution in [2.45, 2.75) is 57.8 Å². The molecule has 6 nitrogen and oxygen atoms in total. The number of thiophene rings is 1. The number of nitrogens with zero attached hydrogens (tertiary/aromatic N) is 2. The fourth-order valence-electron chi connectivity index (χ4n) is 4.02. The van der Waals surface area contributed by atoms with Gasteiger partial charge in [-0.3, -0.25) is 14.2 Å². The topological polar surface area (TPSA) is 73.2 Å². The summed E-state index contributed by atoms with van der Waals surface area (Å²) in [6.07, 6.45) is 4.82. The van der Waals surface area contributed by atoms with E-state index in [0.717, 1.165) is 35.2 Å². The van der Waals surface area contributed by atoms with Crippen LogP contribution in [0.25, 0.3) is 10.2 Å². The quantitative estimate of drug-likeness (QED) is 0.268. The SMILES string of the molecule is C=CCn1c(SCC(=O)Nc2ccc(OC(C)C)cc2)nc2sc3c(c2c1=O)CCC(C)C3. The minimum atomic E-state index is -0.156. The molecule has 3 aromatic rings. The maximum absolute atomic E-state index is 13.4. The van der Waals surface area contributed by atoms with Crippen molar-refractivity contribution in [1.29, 1.82) is 0 Å². The van der Waals surface area contributed by atoms with Gasteiger partial charge in [0.2, 0.25) is 5.91 Å². The molecule has 33 heavy (non-hydrogen) atoms. The first-order valence-corrected chi connectivity index (χ1v) is 13.0. The number of ether oxygens (including phenoxy) is 1. The van der Waals surface area contributed by atoms with Gasteiger partial charge >= 0.3 is 0 Å². The maximum Gasteiger partial charge on any atom is 0.263 e. The van der Waals surface area contributed by atoms with Gasteiger partial charge in [-0.05, 0) is 68.9 Å². The van der Waals surface area contributed by atoms with Crippen LogP contribution >= 0.6 is 23.1 Å². The van der Waals surface area contributed by atoms with E-state index >= 15 is 0 Å². The van der Waals surface area contributed by atoms with Gasteiger partial charge in [0.1, 0.15) is 10.6 Å². The number of aryl methyl sites for hydroxylation is 1. The molecule has 1 aliphatic rings. The van der Waals surface area contributed by atoms with E-state index in [1.54, 1.807) is 22.0 Å². The Kier molecular flexibility index (Phi) is 7.24. The molecule has 0 saturated heterocycles. The molecule has 0 spiro atoms. The molecule has 1 amide bonds. The van der Waals surface area contributed by atoms with Crippen molar-refractivity contribution in [3.63, 3.8) is 0 Å². The van der Waals surface area contributed by atoms with Gasteiger partial charge in [-0.15, -0.1) is 17.9 Å². The normalized spacial score (nSPS) is 15.5. The van der Waals surface area contributed by atoms with E-state index in [4.69, 9.17) is 9.72 Å². The number of hydrogen-bond donors (Lipinski definition) is 1. The number of aromatic nitrogens is 2. The Balaban J connectivity index is 1.52. The summed E-state index contributed by atoms with van der Waals surface area (Å²) in [4.78, 5) is 32.8. The smallest absolute Gasteiger partial charge is 0.263 e. The monoisotopic (exact) mass is 483 g/mol. The summed E-state index contributed by atoms with van der Waals surface area (Å²) in [6, 6.07) is 7.30. The number of allylic oxidation sites excluding steroid dienone is 1. The second-order valence-corrected chi connectivity index (χ2v) is 10.7. The van der Waals surface area contributed by atoms with Gasteiger partial charge in [0.05, 0.1) is 17.2 Å². The number of rotatable bonds is 8. The lowest BCUT2D eigenvalue weighted by molar-refractivity contribution is -0.113. The van der Waals surface area contributed by atoms with Crippen molar-refractivity contribution in [2.75, 3.05) is 11.1 Å². The Labute approximate surface area is 202 Å². The number of fused-ring (bicyclic) bond motifs is 3. The second-order valence-electron chi connectivity index (χ2n) is 8.66. The largest absolute Gasteiger partial charge is 0.491 e. The molecule has 1 unspecified atom stereocenters. The summed E-state index contributed by atoms with van der Waals surface area (Å²) in [5.41, 5.74) is 1.84. The molecule has 4 rings (SSSR count). The van der Waals surface area contributed by atoms with E-state index in [1.165, 1.54) is 22.2 Å². The van der Waals surface area contributed by atoms with E-state index < -0.39 is 0 Å². The molecule has 1 aromatic carbocycles. The van der Waals surface area contributed by atoms with Crippen LogP contribution in [0.4, 0.5) is 5.69 Å². The summed E-state index contributed by atoms with van der Waals surface area (Å²) in [6.45, 7) is 10.3. The van der Waals surface area contributed by atoms with E-state index in [2.05, 4.69) is 18.8 Å². The highest BCUT2D eigenvalue weighted by Crippen LogP contribution is 2.36. The van der Waals surface area contributed by atoms with Crippen LogP contribution in [0.5, 0.6) is 5.75 Å². The van der Waals surface area contributed by atoms with E-state index in [1.807, 2.05) is 38.1 Å². The molecule has 0 fully saturated rings. The molecular formula is C25H29N3O3S2. The molecule has 2 heterocycles. The van der Waals surface area contributed by atoms with Crippen LogP contribution in [-0.4, -0.2) is 27.3 Å². The Bertz CT molecular complexity index is 1230. The van der Waals surface area contributed by atoms with Crippen molar-refractivity contribution < 1.29 is 9.53 Å². The lowest BCUT2D eigenvalue weighted by atomic mass is 9.89. The highest BCUT2D eigenvalue weighted by Gasteiger charge is 2.24. The summed E-state index contributed by atoms with van der Waals surface area (Å²) < 4.78 is 7.27. The molecule has 1 N–H and O–H groups in total. The van der Waals surface area contributed by atoms with E-state index in [-0.39, 0.29) is 23.3 Å². The molecule has 2 aromatic heterocycles. The Morgan fingerprint density at radius 3 is 2.85 bits per heavy atom. The van der Waals surface area contributed by atoms with Crippen molar-refractivity contribution in [3.8, 4) is 5.75 Å². The first-order valence-electron chi connectivity index (χ1n) is 11.2. The number of carbonyl (C=O) groups excluding carboxylic acids is 1. The molecule has 0 aliphatic heterocycles. The van der Waals surface area contributed by atoms with Gasteiger partial charge in [0.15, 0.2) is 5.16 Å². The molecular weight excluding hydrogens is 454 g/mol. The third-order valence-electron chi connectivity index (χ3n) is 5.53. The summed E-state index contributed by atoms with van der Waals surface area (Å²) in [7, 11) is 0. The lowest BCUT2D eigenvalue weighted by Crippen LogP contribution is -2.24. The van der Waals surface area contributed by atoms with Gasteiger partial charge in [-0.2, -0.15) is 0 Å². The van der Waals surface area contributed by atoms with Gasteiger partial charge < -0.3 is 10.1 Å². The number of carbonyl (C=O) groups is 1. The van der Waals surface area contributed by atoms with E-state index in [0.29, 0.717) is 23.3 Å². The Morgan fingerprint density at radius 1 is 1.39 bits per heavy atom. The van der Waals surface area contributed by atoms with Crippen LogP contribution in [0.2, 0.25) is 0 Å². The first kappa shape index (κ1) is 23.6. The molecule has 1 aliphatic carbocycles. The highest BCUT2D eigenvalue weighted by molar-refractivity contribution is 7.99. The zero-order chi connectivity index (χ0) is 23.5. The predicted octanol–water partition coefficient (Wildman–Crippen LogP) is 5.29. The van der Waals surface area contributed by atoms with Crippen LogP contribution in [-0.2, 0) is 24.2 Å². The fraction of sp³-hybridized carbons (Fsp3) is 0.400. The maximum atomic E-state index is 13.4. The molecule has 8 heteroatoms. The molecule has 0 saturated carbocycles. The third kappa shape index (κ3) is 5.33. The van der Waals surface area contributed by atoms with Crippen molar-refractivity contribution in [2.24, 2.45) is 5.92 Å². The number of anilines is 1. The Hall–Kier alpha value is -2.58. The van der Waals surface area contributed by atoms with Gasteiger partial charge in [0, 0.05) is 17.1 Å². The number of hydrogen-bond acceptors (Lipinski definition) is 6. The number of nitrogens with one attached hydrogen (secondary N) is 1. The zero-order valence-corrected chi connectivity index (χ0v) is 20.9. The molecule has 1 atom stereocenters. The van der Waals surface area contributed by atoms with Crippen molar-refractivity contribution in [1.82, 2.24) is 9.55 Å². The van der Waals surface area contributed by atoms with Crippen LogP contribution < -0.4 is 15.6 Å². The van der Waals surface area contributed by atoms with Crippen LogP contribution in [0.15, 0.2) is 46.9 Å². The summed E-state index contributed by atoms with van der Waals surface area (Å²) >= 11 is 2.90. The van der Waals surface area contributed by atoms with Crippen LogP contribution in [0.1, 0.15) is 37.6 Å². The minimum Gasteiger partial charge on any atom is -0.491 e. The van der Waals surface area contributed by atoms with Gasteiger partial charge in [0.25, 0.3) is 5.56 Å². The molecule has 174 valence electrons. The van der Waals surface area contributed by atoms with Crippen molar-refractivity contribution >= 4 is 44.9 Å². The summed E-state index contributed by atoms with van der Waals surface area (Å²) in [5, 5.41) is 4.19. The third-order valence-corrected chi connectivity index (χ3v) is 7.66. The standard InChI is InChI=1S/C25H29N3O3S2/c1-5-12-28-24(30)22-19-11-6-16(4)13-20(19)33-23(22)27-25(28)32-14-21(29)26-17-7-9-18(10-8-17)31-15(2)3/h5,7-10,15-16H,1,6,11-14H2,2-4H3,(H,26,29). The van der Waals surface area contributed by atoms with Crippen molar-refractivity contribution in [3.05, 3.63) is 57.7 Å².